The molecular weight excluding hydrogens is 275 g/mol. The molecule has 1 aromatic carbocycles. The van der Waals surface area contributed by atoms with Crippen LogP contribution in [0.2, 0.25) is 5.02 Å². The highest BCUT2D eigenvalue weighted by atomic mass is 35.5. The Bertz CT molecular complexity index is 402. The topological polar surface area (TPSA) is 38.0 Å². The fourth-order valence-corrected chi connectivity index (χ4v) is 3.12. The molecule has 0 aliphatic carbocycles. The van der Waals surface area contributed by atoms with Crippen molar-refractivity contribution in [2.24, 2.45) is 17.6 Å². The summed E-state index contributed by atoms with van der Waals surface area (Å²) >= 11 is 5.92. The average Bonchev–Trinajstić information content (AvgIpc) is 2.25. The van der Waals surface area contributed by atoms with Crippen molar-refractivity contribution >= 4 is 17.3 Å². The summed E-state index contributed by atoms with van der Waals surface area (Å²) in [7, 11) is 0. The van der Waals surface area contributed by atoms with Gasteiger partial charge < -0.3 is 11.1 Å². The normalized spacial score (nSPS) is 12.2. The Labute approximate surface area is 126 Å². The molecule has 2 nitrogen and oxygen atoms in total. The van der Waals surface area contributed by atoms with Crippen LogP contribution < -0.4 is 11.1 Å². The van der Waals surface area contributed by atoms with Crippen LogP contribution in [0.4, 0.5) is 10.1 Å². The maximum atomic E-state index is 13.5. The Hall–Kier alpha value is -0.800. The Balaban J connectivity index is 3.03. The van der Waals surface area contributed by atoms with E-state index in [4.69, 9.17) is 17.3 Å². The summed E-state index contributed by atoms with van der Waals surface area (Å²) in [5.41, 5.74) is 6.51. The summed E-state index contributed by atoms with van der Waals surface area (Å²) in [4.78, 5) is 0. The molecule has 3 N–H and O–H groups in total. The molecule has 0 atom stereocenters. The summed E-state index contributed by atoms with van der Waals surface area (Å²) < 4.78 is 13.5. The van der Waals surface area contributed by atoms with Crippen LogP contribution in [-0.2, 0) is 0 Å². The van der Waals surface area contributed by atoms with Gasteiger partial charge in [0.1, 0.15) is 5.82 Å². The first kappa shape index (κ1) is 17.3. The summed E-state index contributed by atoms with van der Waals surface area (Å²) in [5, 5.41) is 3.83. The molecule has 4 heteroatoms. The fraction of sp³-hybridized carbons (Fsp3) is 0.625. The van der Waals surface area contributed by atoms with Gasteiger partial charge in [-0.1, -0.05) is 39.3 Å². The molecule has 0 aliphatic heterocycles. The fourth-order valence-electron chi connectivity index (χ4n) is 2.90. The third-order valence-corrected chi connectivity index (χ3v) is 3.48. The van der Waals surface area contributed by atoms with Crippen molar-refractivity contribution in [2.75, 3.05) is 11.9 Å². The van der Waals surface area contributed by atoms with E-state index >= 15 is 0 Å². The highest BCUT2D eigenvalue weighted by Crippen LogP contribution is 2.30. The van der Waals surface area contributed by atoms with Crippen LogP contribution in [0.5, 0.6) is 0 Å². The molecule has 0 aliphatic rings. The molecule has 114 valence electrons. The monoisotopic (exact) mass is 300 g/mol. The molecule has 0 amide bonds. The first-order chi connectivity index (χ1) is 9.26. The van der Waals surface area contributed by atoms with E-state index in [1.807, 2.05) is 0 Å². The van der Waals surface area contributed by atoms with E-state index < -0.39 is 0 Å². The molecule has 0 unspecified atom stereocenters. The minimum Gasteiger partial charge on any atom is -0.378 e. The largest absolute Gasteiger partial charge is 0.378 e. The molecule has 20 heavy (non-hydrogen) atoms. The quantitative estimate of drug-likeness (QED) is 0.767. The number of hydrogen-bond acceptors (Lipinski definition) is 2. The van der Waals surface area contributed by atoms with Crippen LogP contribution in [0.15, 0.2) is 18.2 Å². The van der Waals surface area contributed by atoms with E-state index in [1.54, 1.807) is 6.07 Å². The minimum atomic E-state index is -0.333. The van der Waals surface area contributed by atoms with Crippen molar-refractivity contribution in [3.05, 3.63) is 29.0 Å². The van der Waals surface area contributed by atoms with E-state index in [2.05, 4.69) is 33.0 Å². The van der Waals surface area contributed by atoms with Crippen LogP contribution in [-0.4, -0.2) is 12.1 Å². The van der Waals surface area contributed by atoms with Crippen molar-refractivity contribution in [3.8, 4) is 0 Å². The lowest BCUT2D eigenvalue weighted by molar-refractivity contribution is 0.317. The van der Waals surface area contributed by atoms with Crippen LogP contribution in [0.1, 0.15) is 40.5 Å². The summed E-state index contributed by atoms with van der Waals surface area (Å²) in [5.74, 6) is 0.683. The molecule has 0 fully saturated rings. The highest BCUT2D eigenvalue weighted by molar-refractivity contribution is 6.30. The third-order valence-electron chi connectivity index (χ3n) is 3.26. The molecule has 0 heterocycles. The molecule has 1 aromatic rings. The number of nitrogens with two attached hydrogens (primary N) is 1. The smallest absolute Gasteiger partial charge is 0.126 e. The second kappa shape index (κ2) is 7.28. The van der Waals surface area contributed by atoms with Crippen LogP contribution in [0, 0.1) is 17.7 Å². The molecular formula is C16H26ClFN2. The van der Waals surface area contributed by atoms with E-state index in [0.29, 0.717) is 29.1 Å². The van der Waals surface area contributed by atoms with Gasteiger partial charge in [0.15, 0.2) is 0 Å². The van der Waals surface area contributed by atoms with Gasteiger partial charge >= 0.3 is 0 Å². The van der Waals surface area contributed by atoms with E-state index in [0.717, 1.165) is 12.8 Å². The van der Waals surface area contributed by atoms with Crippen molar-refractivity contribution in [2.45, 2.75) is 46.1 Å². The molecule has 1 rings (SSSR count). The number of nitrogens with one attached hydrogen (secondary N) is 1. The van der Waals surface area contributed by atoms with Crippen LogP contribution in [0.3, 0.4) is 0 Å². The van der Waals surface area contributed by atoms with Crippen molar-refractivity contribution in [1.82, 2.24) is 0 Å². The number of hydrogen-bond donors (Lipinski definition) is 2. The molecule has 0 spiro atoms. The molecule has 0 bridgehead atoms. The van der Waals surface area contributed by atoms with Crippen LogP contribution >= 0.6 is 11.6 Å². The minimum absolute atomic E-state index is 0.223. The van der Waals surface area contributed by atoms with Crippen molar-refractivity contribution in [3.63, 3.8) is 0 Å². The van der Waals surface area contributed by atoms with E-state index in [9.17, 15) is 4.39 Å². The number of anilines is 1. The van der Waals surface area contributed by atoms with E-state index in [-0.39, 0.29) is 11.4 Å². The number of benzene rings is 1. The van der Waals surface area contributed by atoms with Gasteiger partial charge in [-0.3, -0.25) is 0 Å². The zero-order valence-electron chi connectivity index (χ0n) is 12.8. The molecule has 0 aromatic heterocycles. The van der Waals surface area contributed by atoms with Gasteiger partial charge in [0.2, 0.25) is 0 Å². The van der Waals surface area contributed by atoms with Gasteiger partial charge in [0, 0.05) is 17.3 Å². The maximum Gasteiger partial charge on any atom is 0.126 e. The van der Waals surface area contributed by atoms with Gasteiger partial charge in [0.05, 0.1) is 5.54 Å². The summed E-state index contributed by atoms with van der Waals surface area (Å²) in [6.07, 6.45) is 1.88. The second-order valence-electron chi connectivity index (χ2n) is 6.46. The number of halogens is 2. The predicted octanol–water partition coefficient (Wildman–Crippen LogP) is 4.68. The highest BCUT2D eigenvalue weighted by Gasteiger charge is 2.30. The summed E-state index contributed by atoms with van der Waals surface area (Å²) in [6.45, 7) is 9.20. The second-order valence-corrected chi connectivity index (χ2v) is 6.90. The van der Waals surface area contributed by atoms with Gasteiger partial charge in [-0.05, 0) is 42.9 Å². The lowest BCUT2D eigenvalue weighted by Gasteiger charge is -2.38. The van der Waals surface area contributed by atoms with Gasteiger partial charge in [0.25, 0.3) is 0 Å². The third kappa shape index (κ3) is 5.29. The standard InChI is InChI=1S/C16H26ClFN2/c1-11(2)8-16(10-19,9-12(3)4)20-15-6-13(17)5-14(18)7-15/h5-7,11-12,20H,8-10,19H2,1-4H3. The summed E-state index contributed by atoms with van der Waals surface area (Å²) in [6, 6.07) is 4.52. The van der Waals surface area contributed by atoms with Crippen molar-refractivity contribution in [1.29, 1.82) is 0 Å². The zero-order valence-corrected chi connectivity index (χ0v) is 13.6. The van der Waals surface area contributed by atoms with Crippen LogP contribution in [0.25, 0.3) is 0 Å². The maximum absolute atomic E-state index is 13.5. The Morgan fingerprint density at radius 1 is 1.15 bits per heavy atom. The number of rotatable bonds is 7. The van der Waals surface area contributed by atoms with Crippen molar-refractivity contribution < 1.29 is 4.39 Å². The molecule has 0 radical (unpaired) electrons. The average molecular weight is 301 g/mol. The lowest BCUT2D eigenvalue weighted by Crippen LogP contribution is -2.47. The molecule has 0 saturated heterocycles. The Morgan fingerprint density at radius 2 is 1.70 bits per heavy atom. The lowest BCUT2D eigenvalue weighted by atomic mass is 9.81. The van der Waals surface area contributed by atoms with Gasteiger partial charge in [-0.2, -0.15) is 0 Å². The predicted molar refractivity (Wildman–Crippen MR) is 85.7 cm³/mol. The van der Waals surface area contributed by atoms with E-state index in [1.165, 1.54) is 12.1 Å². The Kier molecular flexibility index (Phi) is 6.28. The Morgan fingerprint density at radius 3 is 2.10 bits per heavy atom. The molecule has 0 saturated carbocycles. The first-order valence-corrected chi connectivity index (χ1v) is 7.58. The SMILES string of the molecule is CC(C)CC(CN)(CC(C)C)Nc1cc(F)cc(Cl)c1. The zero-order chi connectivity index (χ0) is 15.3. The first-order valence-electron chi connectivity index (χ1n) is 7.20. The van der Waals surface area contributed by atoms with Gasteiger partial charge in [-0.25, -0.2) is 4.39 Å². The van der Waals surface area contributed by atoms with Gasteiger partial charge in [-0.15, -0.1) is 0 Å².